The first-order valence-electron chi connectivity index (χ1n) is 5.50. The van der Waals surface area contributed by atoms with Crippen LogP contribution in [0, 0.1) is 11.6 Å². The van der Waals surface area contributed by atoms with Gasteiger partial charge < -0.3 is 10.6 Å². The first kappa shape index (κ1) is 13.6. The van der Waals surface area contributed by atoms with E-state index in [0.717, 1.165) is 6.07 Å². The summed E-state index contributed by atoms with van der Waals surface area (Å²) >= 11 is 0. The Kier molecular flexibility index (Phi) is 5.03. The quantitative estimate of drug-likeness (QED) is 0.846. The number of likely N-dealkylation sites (N-methyl/N-ethyl adjacent to an activating group) is 1. The van der Waals surface area contributed by atoms with Crippen LogP contribution >= 0.6 is 0 Å². The third-order valence-electron chi connectivity index (χ3n) is 2.51. The highest BCUT2D eigenvalue weighted by Crippen LogP contribution is 2.12. The van der Waals surface area contributed by atoms with E-state index in [-0.39, 0.29) is 17.9 Å². The zero-order valence-corrected chi connectivity index (χ0v) is 9.75. The second-order valence-corrected chi connectivity index (χ2v) is 3.65. The molecular formula is C12H16F2N2O. The molecule has 0 spiro atoms. The largest absolute Gasteiger partial charge is 0.341 e. The number of nitrogens with zero attached hydrogens (tertiary/aromatic N) is 1. The van der Waals surface area contributed by atoms with Crippen LogP contribution in [0.1, 0.15) is 12.5 Å². The van der Waals surface area contributed by atoms with Crippen molar-refractivity contribution in [3.63, 3.8) is 0 Å². The fourth-order valence-electron chi connectivity index (χ4n) is 1.57. The smallest absolute Gasteiger partial charge is 0.227 e. The summed E-state index contributed by atoms with van der Waals surface area (Å²) in [7, 11) is 0. The van der Waals surface area contributed by atoms with Crippen LogP contribution in [0.15, 0.2) is 18.2 Å². The first-order chi connectivity index (χ1) is 8.10. The molecule has 3 nitrogen and oxygen atoms in total. The highest BCUT2D eigenvalue weighted by Gasteiger charge is 2.15. The minimum absolute atomic E-state index is 0.0745. The monoisotopic (exact) mass is 242 g/mol. The Morgan fingerprint density at radius 3 is 2.71 bits per heavy atom. The Hall–Kier alpha value is -1.49. The van der Waals surface area contributed by atoms with Gasteiger partial charge in [-0.3, -0.25) is 4.79 Å². The summed E-state index contributed by atoms with van der Waals surface area (Å²) in [5, 5.41) is 0. The van der Waals surface area contributed by atoms with Gasteiger partial charge in [0.2, 0.25) is 5.91 Å². The second kappa shape index (κ2) is 6.30. The van der Waals surface area contributed by atoms with E-state index >= 15 is 0 Å². The van der Waals surface area contributed by atoms with Gasteiger partial charge >= 0.3 is 0 Å². The molecule has 0 aromatic heterocycles. The molecular weight excluding hydrogens is 226 g/mol. The molecule has 2 N–H and O–H groups in total. The van der Waals surface area contributed by atoms with E-state index in [2.05, 4.69) is 0 Å². The molecule has 0 heterocycles. The molecule has 0 saturated heterocycles. The van der Waals surface area contributed by atoms with Crippen LogP contribution in [-0.4, -0.2) is 30.4 Å². The average Bonchev–Trinajstić information content (AvgIpc) is 2.31. The summed E-state index contributed by atoms with van der Waals surface area (Å²) in [5.74, 6) is -2.13. The number of carbonyl (C=O) groups is 1. The Balaban J connectivity index is 2.76. The van der Waals surface area contributed by atoms with Crippen molar-refractivity contribution in [1.29, 1.82) is 0 Å². The number of carbonyl (C=O) groups excluding carboxylic acids is 1. The standard InChI is InChI=1S/C12H16F2N2O/c1-2-16(7-6-15)11(17)8-9-4-3-5-10(13)12(9)14/h3-5H,2,6-8,15H2,1H3. The lowest BCUT2D eigenvalue weighted by Gasteiger charge is -2.20. The maximum atomic E-state index is 13.3. The minimum atomic E-state index is -0.954. The van der Waals surface area contributed by atoms with E-state index in [1.807, 2.05) is 6.92 Å². The van der Waals surface area contributed by atoms with Crippen molar-refractivity contribution in [2.75, 3.05) is 19.6 Å². The Morgan fingerprint density at radius 2 is 2.12 bits per heavy atom. The van der Waals surface area contributed by atoms with Gasteiger partial charge in [-0.1, -0.05) is 12.1 Å². The summed E-state index contributed by atoms with van der Waals surface area (Å²) in [6.07, 6.45) is -0.141. The van der Waals surface area contributed by atoms with Crippen molar-refractivity contribution in [2.24, 2.45) is 5.73 Å². The van der Waals surface area contributed by atoms with Gasteiger partial charge in [0, 0.05) is 25.2 Å². The van der Waals surface area contributed by atoms with Gasteiger partial charge in [-0.25, -0.2) is 8.78 Å². The van der Waals surface area contributed by atoms with Gasteiger partial charge in [-0.05, 0) is 13.0 Å². The summed E-state index contributed by atoms with van der Waals surface area (Å²) in [6.45, 7) is 3.10. The number of amides is 1. The zero-order valence-electron chi connectivity index (χ0n) is 9.75. The number of benzene rings is 1. The number of hydrogen-bond donors (Lipinski definition) is 1. The van der Waals surface area contributed by atoms with Crippen molar-refractivity contribution in [3.8, 4) is 0 Å². The third-order valence-corrected chi connectivity index (χ3v) is 2.51. The second-order valence-electron chi connectivity index (χ2n) is 3.65. The summed E-state index contributed by atoms with van der Waals surface area (Å²) in [4.78, 5) is 13.3. The molecule has 0 aliphatic heterocycles. The van der Waals surface area contributed by atoms with Crippen LogP contribution in [0.3, 0.4) is 0 Å². The predicted octanol–water partition coefficient (Wildman–Crippen LogP) is 1.31. The molecule has 0 aliphatic rings. The number of hydrogen-bond acceptors (Lipinski definition) is 2. The summed E-state index contributed by atoms with van der Waals surface area (Å²) < 4.78 is 26.3. The van der Waals surface area contributed by atoms with Crippen LogP contribution in [-0.2, 0) is 11.2 Å². The number of halogens is 2. The molecule has 0 aliphatic carbocycles. The number of nitrogens with two attached hydrogens (primary N) is 1. The van der Waals surface area contributed by atoms with Crippen molar-refractivity contribution in [2.45, 2.75) is 13.3 Å². The fourth-order valence-corrected chi connectivity index (χ4v) is 1.57. The van der Waals surface area contributed by atoms with Crippen LogP contribution in [0.2, 0.25) is 0 Å². The van der Waals surface area contributed by atoms with E-state index in [9.17, 15) is 13.6 Å². The molecule has 0 atom stereocenters. The van der Waals surface area contributed by atoms with E-state index < -0.39 is 11.6 Å². The van der Waals surface area contributed by atoms with Crippen LogP contribution < -0.4 is 5.73 Å². The number of rotatable bonds is 5. The van der Waals surface area contributed by atoms with Crippen molar-refractivity contribution < 1.29 is 13.6 Å². The molecule has 0 radical (unpaired) electrons. The topological polar surface area (TPSA) is 46.3 Å². The van der Waals surface area contributed by atoms with Crippen LogP contribution in [0.25, 0.3) is 0 Å². The molecule has 1 aromatic carbocycles. The average molecular weight is 242 g/mol. The van der Waals surface area contributed by atoms with Crippen LogP contribution in [0.4, 0.5) is 8.78 Å². The lowest BCUT2D eigenvalue weighted by molar-refractivity contribution is -0.130. The van der Waals surface area contributed by atoms with E-state index in [1.165, 1.54) is 17.0 Å². The van der Waals surface area contributed by atoms with Gasteiger partial charge in [-0.2, -0.15) is 0 Å². The molecule has 94 valence electrons. The highest BCUT2D eigenvalue weighted by atomic mass is 19.2. The fraction of sp³-hybridized carbons (Fsp3) is 0.417. The van der Waals surface area contributed by atoms with Crippen molar-refractivity contribution >= 4 is 5.91 Å². The molecule has 1 aromatic rings. The van der Waals surface area contributed by atoms with E-state index in [4.69, 9.17) is 5.73 Å². The third kappa shape index (κ3) is 3.49. The molecule has 17 heavy (non-hydrogen) atoms. The lowest BCUT2D eigenvalue weighted by atomic mass is 10.1. The van der Waals surface area contributed by atoms with Gasteiger partial charge in [-0.15, -0.1) is 0 Å². The van der Waals surface area contributed by atoms with Gasteiger partial charge in [0.15, 0.2) is 11.6 Å². The Labute approximate surface area is 99.2 Å². The van der Waals surface area contributed by atoms with Gasteiger partial charge in [0.05, 0.1) is 6.42 Å². The first-order valence-corrected chi connectivity index (χ1v) is 5.50. The van der Waals surface area contributed by atoms with Crippen LogP contribution in [0.5, 0.6) is 0 Å². The van der Waals surface area contributed by atoms with E-state index in [0.29, 0.717) is 19.6 Å². The van der Waals surface area contributed by atoms with Gasteiger partial charge in [0.1, 0.15) is 0 Å². The summed E-state index contributed by atoms with van der Waals surface area (Å²) in [5.41, 5.74) is 5.44. The predicted molar refractivity (Wildman–Crippen MR) is 61.4 cm³/mol. The normalized spacial score (nSPS) is 10.4. The molecule has 1 amide bonds. The zero-order chi connectivity index (χ0) is 12.8. The molecule has 0 fully saturated rings. The van der Waals surface area contributed by atoms with Crippen molar-refractivity contribution in [1.82, 2.24) is 4.90 Å². The van der Waals surface area contributed by atoms with Gasteiger partial charge in [0.25, 0.3) is 0 Å². The molecule has 0 saturated carbocycles. The highest BCUT2D eigenvalue weighted by molar-refractivity contribution is 5.78. The molecule has 1 rings (SSSR count). The van der Waals surface area contributed by atoms with Crippen molar-refractivity contribution in [3.05, 3.63) is 35.4 Å². The maximum absolute atomic E-state index is 13.3. The molecule has 0 unspecified atom stereocenters. The molecule has 5 heteroatoms. The van der Waals surface area contributed by atoms with E-state index in [1.54, 1.807) is 0 Å². The SMILES string of the molecule is CCN(CCN)C(=O)Cc1cccc(F)c1F. The Bertz CT molecular complexity index is 396. The lowest BCUT2D eigenvalue weighted by Crippen LogP contribution is -2.36. The maximum Gasteiger partial charge on any atom is 0.227 e. The summed E-state index contributed by atoms with van der Waals surface area (Å²) in [6, 6.07) is 3.83. The minimum Gasteiger partial charge on any atom is -0.341 e. The Morgan fingerprint density at radius 1 is 1.41 bits per heavy atom. The molecule has 0 bridgehead atoms.